The molecule has 122 valence electrons. The molecule has 1 aromatic carbocycles. The Morgan fingerprint density at radius 3 is 2.78 bits per heavy atom. The van der Waals surface area contributed by atoms with Crippen molar-refractivity contribution in [2.75, 3.05) is 11.1 Å². The fourth-order valence-electron chi connectivity index (χ4n) is 1.54. The largest absolute Gasteiger partial charge is 0.418 e. The summed E-state index contributed by atoms with van der Waals surface area (Å²) in [6.07, 6.45) is -3.70. The van der Waals surface area contributed by atoms with Gasteiger partial charge in [-0.2, -0.15) is 18.3 Å². The van der Waals surface area contributed by atoms with Gasteiger partial charge in [0, 0.05) is 5.02 Å². The van der Waals surface area contributed by atoms with Crippen molar-refractivity contribution in [1.29, 1.82) is 0 Å². The van der Waals surface area contributed by atoms with E-state index in [-0.39, 0.29) is 15.9 Å². The van der Waals surface area contributed by atoms with E-state index < -0.39 is 28.9 Å². The summed E-state index contributed by atoms with van der Waals surface area (Å²) >= 11 is 6.38. The van der Waals surface area contributed by atoms with Crippen LogP contribution in [-0.2, 0) is 11.0 Å². The minimum absolute atomic E-state index is 0.0831. The van der Waals surface area contributed by atoms with Gasteiger partial charge in [-0.3, -0.25) is 14.6 Å². The van der Waals surface area contributed by atoms with Crippen molar-refractivity contribution in [1.82, 2.24) is 15.2 Å². The number of amides is 1. The van der Waals surface area contributed by atoms with Crippen LogP contribution in [0.25, 0.3) is 0 Å². The molecule has 0 aliphatic rings. The summed E-state index contributed by atoms with van der Waals surface area (Å²) in [7, 11) is 0. The van der Waals surface area contributed by atoms with E-state index >= 15 is 0 Å². The van der Waals surface area contributed by atoms with Crippen LogP contribution in [0.1, 0.15) is 5.56 Å². The summed E-state index contributed by atoms with van der Waals surface area (Å²) < 4.78 is 38.7. The Bertz CT molecular complexity index is 781. The van der Waals surface area contributed by atoms with Gasteiger partial charge in [0.15, 0.2) is 5.16 Å². The van der Waals surface area contributed by atoms with Gasteiger partial charge in [0.2, 0.25) is 5.91 Å². The number of rotatable bonds is 4. The molecule has 0 aliphatic heterocycles. The van der Waals surface area contributed by atoms with Gasteiger partial charge >= 0.3 is 6.18 Å². The Morgan fingerprint density at radius 2 is 2.13 bits per heavy atom. The number of carbonyl (C=O) groups excluding carboxylic acids is 1. The average molecular weight is 365 g/mol. The van der Waals surface area contributed by atoms with E-state index in [2.05, 4.69) is 20.5 Å². The minimum Gasteiger partial charge on any atom is -0.325 e. The van der Waals surface area contributed by atoms with E-state index in [9.17, 15) is 22.8 Å². The maximum Gasteiger partial charge on any atom is 0.418 e. The zero-order valence-electron chi connectivity index (χ0n) is 11.1. The number of hydrogen-bond acceptors (Lipinski definition) is 5. The van der Waals surface area contributed by atoms with E-state index in [1.165, 1.54) is 6.07 Å². The lowest BCUT2D eigenvalue weighted by Gasteiger charge is -2.14. The van der Waals surface area contributed by atoms with Crippen molar-refractivity contribution in [3.05, 3.63) is 45.3 Å². The zero-order valence-corrected chi connectivity index (χ0v) is 12.7. The third-order valence-electron chi connectivity index (χ3n) is 2.45. The number of anilines is 1. The number of aromatic nitrogens is 3. The summed E-state index contributed by atoms with van der Waals surface area (Å²) in [6.45, 7) is 0. The summed E-state index contributed by atoms with van der Waals surface area (Å²) in [5.41, 5.74) is -1.95. The van der Waals surface area contributed by atoms with Crippen molar-refractivity contribution in [2.24, 2.45) is 0 Å². The number of hydrogen-bond donors (Lipinski definition) is 2. The van der Waals surface area contributed by atoms with Gasteiger partial charge in [-0.25, -0.2) is 0 Å². The van der Waals surface area contributed by atoms with E-state index in [1.54, 1.807) is 0 Å². The number of alkyl halides is 3. The van der Waals surface area contributed by atoms with Crippen LogP contribution in [0.4, 0.5) is 18.9 Å². The molecular formula is C12H8ClF3N4O2S. The Hall–Kier alpha value is -2.07. The number of nitrogens with one attached hydrogen (secondary N) is 2. The molecule has 2 aromatic rings. The first-order chi connectivity index (χ1) is 10.8. The molecule has 0 saturated heterocycles. The quantitative estimate of drug-likeness (QED) is 0.814. The Balaban J connectivity index is 2.07. The fraction of sp³-hybridized carbons (Fsp3) is 0.167. The highest BCUT2D eigenvalue weighted by atomic mass is 35.5. The summed E-state index contributed by atoms with van der Waals surface area (Å²) in [4.78, 5) is 25.1. The molecule has 11 heteroatoms. The van der Waals surface area contributed by atoms with Crippen molar-refractivity contribution in [3.63, 3.8) is 0 Å². The van der Waals surface area contributed by atoms with Gasteiger partial charge in [0.05, 0.1) is 17.0 Å². The van der Waals surface area contributed by atoms with E-state index in [4.69, 9.17) is 11.6 Å². The molecule has 1 amide bonds. The van der Waals surface area contributed by atoms with Crippen LogP contribution in [0.3, 0.4) is 0 Å². The third kappa shape index (κ3) is 4.96. The third-order valence-corrected chi connectivity index (χ3v) is 3.55. The van der Waals surface area contributed by atoms with Gasteiger partial charge in [-0.15, -0.1) is 5.10 Å². The minimum atomic E-state index is -4.66. The predicted octanol–water partition coefficient (Wildman–Crippen LogP) is 2.57. The molecule has 0 bridgehead atoms. The first-order valence-electron chi connectivity index (χ1n) is 5.97. The Kier molecular flexibility index (Phi) is 5.26. The van der Waals surface area contributed by atoms with Crippen LogP contribution >= 0.6 is 23.4 Å². The fourth-order valence-corrected chi connectivity index (χ4v) is 2.33. The molecule has 0 aliphatic carbocycles. The number of benzene rings is 1. The van der Waals surface area contributed by atoms with Gasteiger partial charge < -0.3 is 5.32 Å². The molecule has 0 spiro atoms. The first kappa shape index (κ1) is 17.3. The normalized spacial score (nSPS) is 11.3. The second kappa shape index (κ2) is 7.01. The summed E-state index contributed by atoms with van der Waals surface area (Å²) in [5, 5.41) is 9.10. The number of thioether (sulfide) groups is 1. The van der Waals surface area contributed by atoms with Crippen molar-refractivity contribution >= 4 is 35.0 Å². The van der Waals surface area contributed by atoms with Crippen molar-refractivity contribution < 1.29 is 18.0 Å². The molecule has 0 fully saturated rings. The monoisotopic (exact) mass is 364 g/mol. The van der Waals surface area contributed by atoms with Crippen LogP contribution in [-0.4, -0.2) is 26.8 Å². The molecule has 0 unspecified atom stereocenters. The van der Waals surface area contributed by atoms with Crippen molar-refractivity contribution in [3.8, 4) is 0 Å². The molecule has 1 aromatic heterocycles. The highest BCUT2D eigenvalue weighted by Gasteiger charge is 2.34. The second-order valence-corrected chi connectivity index (χ2v) is 5.56. The SMILES string of the molecule is O=C(CSc1nncc(=O)[nH]1)Nc1ccc(Cl)cc1C(F)(F)F. The van der Waals surface area contributed by atoms with Gasteiger partial charge in [0.25, 0.3) is 5.56 Å². The lowest BCUT2D eigenvalue weighted by atomic mass is 10.1. The highest BCUT2D eigenvalue weighted by Crippen LogP contribution is 2.36. The number of halogens is 4. The lowest BCUT2D eigenvalue weighted by molar-refractivity contribution is -0.137. The van der Waals surface area contributed by atoms with Gasteiger partial charge in [0.1, 0.15) is 6.20 Å². The maximum absolute atomic E-state index is 12.9. The Labute approximate surface area is 136 Å². The molecule has 0 atom stereocenters. The number of nitrogens with zero attached hydrogens (tertiary/aromatic N) is 2. The highest BCUT2D eigenvalue weighted by molar-refractivity contribution is 7.99. The van der Waals surface area contributed by atoms with Gasteiger partial charge in [-0.05, 0) is 18.2 Å². The second-order valence-electron chi connectivity index (χ2n) is 4.16. The predicted molar refractivity (Wildman–Crippen MR) is 78.5 cm³/mol. The van der Waals surface area contributed by atoms with Crippen LogP contribution in [0.5, 0.6) is 0 Å². The van der Waals surface area contributed by atoms with Crippen LogP contribution < -0.4 is 10.9 Å². The molecule has 6 nitrogen and oxygen atoms in total. The topological polar surface area (TPSA) is 87.7 Å². The molecular weight excluding hydrogens is 357 g/mol. The smallest absolute Gasteiger partial charge is 0.325 e. The molecule has 2 N–H and O–H groups in total. The first-order valence-corrected chi connectivity index (χ1v) is 7.33. The van der Waals surface area contributed by atoms with Crippen LogP contribution in [0.15, 0.2) is 34.3 Å². The molecule has 0 radical (unpaired) electrons. The van der Waals surface area contributed by atoms with E-state index in [0.29, 0.717) is 0 Å². The molecule has 2 rings (SSSR count). The van der Waals surface area contributed by atoms with E-state index in [1.807, 2.05) is 0 Å². The molecule has 23 heavy (non-hydrogen) atoms. The maximum atomic E-state index is 12.9. The van der Waals surface area contributed by atoms with E-state index in [0.717, 1.165) is 30.1 Å². The molecule has 1 heterocycles. The average Bonchev–Trinajstić information content (AvgIpc) is 2.46. The van der Waals surface area contributed by atoms with Crippen molar-refractivity contribution in [2.45, 2.75) is 11.3 Å². The summed E-state index contributed by atoms with van der Waals surface area (Å²) in [6, 6.07) is 3.03. The number of aromatic amines is 1. The summed E-state index contributed by atoms with van der Waals surface area (Å²) in [5.74, 6) is -0.955. The number of carbonyl (C=O) groups is 1. The Morgan fingerprint density at radius 1 is 1.39 bits per heavy atom. The van der Waals surface area contributed by atoms with Crippen LogP contribution in [0, 0.1) is 0 Å². The van der Waals surface area contributed by atoms with Crippen LogP contribution in [0.2, 0.25) is 5.02 Å². The lowest BCUT2D eigenvalue weighted by Crippen LogP contribution is -2.18. The number of H-pyrrole nitrogens is 1. The molecule has 0 saturated carbocycles. The standard InChI is InChI=1S/C12H8ClF3N4O2S/c13-6-1-2-8(7(3-6)12(14,15)16)18-10(22)5-23-11-19-9(21)4-17-20-11/h1-4H,5H2,(H,18,22)(H,19,20,21). The van der Waals surface area contributed by atoms with Gasteiger partial charge in [-0.1, -0.05) is 23.4 Å². The zero-order chi connectivity index (χ0) is 17.0.